The molecule has 0 fully saturated rings. The largest absolute Gasteiger partial charge is 0.468 e. The van der Waals surface area contributed by atoms with E-state index in [-0.39, 0.29) is 29.9 Å². The first-order valence-corrected chi connectivity index (χ1v) is 7.96. The molecule has 1 aromatic rings. The van der Waals surface area contributed by atoms with Crippen LogP contribution < -0.4 is 15.4 Å². The summed E-state index contributed by atoms with van der Waals surface area (Å²) in [5.74, 6) is 1.22. The van der Waals surface area contributed by atoms with Gasteiger partial charge < -0.3 is 15.4 Å². The van der Waals surface area contributed by atoms with Crippen LogP contribution in [0.5, 0.6) is 5.88 Å². The van der Waals surface area contributed by atoms with Crippen LogP contribution in [0.15, 0.2) is 23.3 Å². The first kappa shape index (κ1) is 23.7. The number of nitrogens with one attached hydrogen (secondary N) is 2. The molecule has 0 aliphatic carbocycles. The molecule has 0 aliphatic rings. The van der Waals surface area contributed by atoms with Gasteiger partial charge in [-0.05, 0) is 11.5 Å². The van der Waals surface area contributed by atoms with Gasteiger partial charge in [-0.15, -0.1) is 24.0 Å². The van der Waals surface area contributed by atoms with Crippen molar-refractivity contribution >= 4 is 29.9 Å². The van der Waals surface area contributed by atoms with Gasteiger partial charge in [-0.2, -0.15) is 13.2 Å². The van der Waals surface area contributed by atoms with Crippen molar-refractivity contribution in [3.8, 4) is 5.88 Å². The number of nitrogens with zero attached hydrogens (tertiary/aromatic N) is 2. The van der Waals surface area contributed by atoms with Gasteiger partial charge in [0.2, 0.25) is 5.88 Å². The van der Waals surface area contributed by atoms with Crippen molar-refractivity contribution in [3.63, 3.8) is 0 Å². The van der Waals surface area contributed by atoms with Crippen LogP contribution in [-0.2, 0) is 6.54 Å². The second-order valence-corrected chi connectivity index (χ2v) is 5.40. The lowest BCUT2D eigenvalue weighted by Gasteiger charge is -2.16. The Hall–Kier alpha value is -1.26. The summed E-state index contributed by atoms with van der Waals surface area (Å²) >= 11 is 0. The van der Waals surface area contributed by atoms with Crippen molar-refractivity contribution in [2.24, 2.45) is 10.9 Å². The monoisotopic (exact) mass is 474 g/mol. The van der Waals surface area contributed by atoms with Crippen molar-refractivity contribution in [2.75, 3.05) is 20.2 Å². The molecule has 144 valence electrons. The van der Waals surface area contributed by atoms with E-state index in [2.05, 4.69) is 39.2 Å². The Labute approximate surface area is 163 Å². The molecule has 0 aromatic carbocycles. The standard InChI is InChI=1S/C16H25F3N4O.HI/c1-4-12(5-2)8-22-15(20-3)23-10-13-6-7-14(21-9-13)24-11-16(17,18)19;/h6-7,9,12H,4-5,8,10-11H2,1-3H3,(H2,20,22,23);1H. The number of guanidine groups is 1. The molecule has 0 aliphatic heterocycles. The molecule has 0 saturated carbocycles. The molecule has 0 bridgehead atoms. The number of rotatable bonds is 8. The van der Waals surface area contributed by atoms with Crippen LogP contribution in [0, 0.1) is 5.92 Å². The highest BCUT2D eigenvalue weighted by Gasteiger charge is 2.28. The molecular formula is C16H26F3IN4O. The Morgan fingerprint density at radius 2 is 1.92 bits per heavy atom. The molecule has 5 nitrogen and oxygen atoms in total. The zero-order chi connectivity index (χ0) is 18.0. The van der Waals surface area contributed by atoms with Gasteiger partial charge >= 0.3 is 6.18 Å². The molecule has 1 heterocycles. The van der Waals surface area contributed by atoms with Gasteiger partial charge in [0.25, 0.3) is 0 Å². The minimum atomic E-state index is -4.37. The Morgan fingerprint density at radius 3 is 2.40 bits per heavy atom. The zero-order valence-corrected chi connectivity index (χ0v) is 17.0. The molecule has 0 atom stereocenters. The topological polar surface area (TPSA) is 58.5 Å². The van der Waals surface area contributed by atoms with Gasteiger partial charge in [0.1, 0.15) is 0 Å². The third-order valence-electron chi connectivity index (χ3n) is 3.58. The second-order valence-electron chi connectivity index (χ2n) is 5.40. The summed E-state index contributed by atoms with van der Waals surface area (Å²) in [7, 11) is 1.69. The normalized spacial score (nSPS) is 11.9. The smallest absolute Gasteiger partial charge is 0.422 e. The predicted molar refractivity (Wildman–Crippen MR) is 103 cm³/mol. The van der Waals surface area contributed by atoms with Crippen LogP contribution in [0.25, 0.3) is 0 Å². The molecule has 2 N–H and O–H groups in total. The van der Waals surface area contributed by atoms with Crippen LogP contribution in [0.2, 0.25) is 0 Å². The van der Waals surface area contributed by atoms with Gasteiger partial charge in [-0.3, -0.25) is 4.99 Å². The van der Waals surface area contributed by atoms with Gasteiger partial charge in [-0.25, -0.2) is 4.98 Å². The Balaban J connectivity index is 0.00000576. The van der Waals surface area contributed by atoms with Gasteiger partial charge in [0.15, 0.2) is 12.6 Å². The van der Waals surface area contributed by atoms with E-state index in [4.69, 9.17) is 0 Å². The van der Waals surface area contributed by atoms with Crippen molar-refractivity contribution in [3.05, 3.63) is 23.9 Å². The number of aromatic nitrogens is 1. The van der Waals surface area contributed by atoms with Crippen molar-refractivity contribution in [1.82, 2.24) is 15.6 Å². The third-order valence-corrected chi connectivity index (χ3v) is 3.58. The summed E-state index contributed by atoms with van der Waals surface area (Å²) in [5.41, 5.74) is 0.819. The maximum Gasteiger partial charge on any atom is 0.422 e. The van der Waals surface area contributed by atoms with E-state index >= 15 is 0 Å². The van der Waals surface area contributed by atoms with E-state index in [0.717, 1.165) is 24.9 Å². The van der Waals surface area contributed by atoms with Gasteiger partial charge in [0, 0.05) is 32.4 Å². The summed E-state index contributed by atoms with van der Waals surface area (Å²) < 4.78 is 40.8. The Bertz CT molecular complexity index is 505. The molecule has 0 amide bonds. The maximum absolute atomic E-state index is 12.1. The fraction of sp³-hybridized carbons (Fsp3) is 0.625. The average Bonchev–Trinajstić information content (AvgIpc) is 2.56. The summed E-state index contributed by atoms with van der Waals surface area (Å²) in [5, 5.41) is 6.40. The minimum Gasteiger partial charge on any atom is -0.468 e. The molecule has 9 heteroatoms. The van der Waals surface area contributed by atoms with Gasteiger partial charge in [0.05, 0.1) is 0 Å². The number of hydrogen-bond donors (Lipinski definition) is 2. The third kappa shape index (κ3) is 10.4. The summed E-state index contributed by atoms with van der Waals surface area (Å²) in [6.07, 6.45) is -0.685. The molecule has 0 spiro atoms. The second kappa shape index (κ2) is 12.2. The summed E-state index contributed by atoms with van der Waals surface area (Å²) in [6.45, 7) is 4.27. The lowest BCUT2D eigenvalue weighted by molar-refractivity contribution is -0.154. The minimum absolute atomic E-state index is 0. The van der Waals surface area contributed by atoms with Crippen molar-refractivity contribution < 1.29 is 17.9 Å². The SMILES string of the molecule is CCC(CC)CNC(=NC)NCc1ccc(OCC(F)(F)F)nc1.I. The molecule has 1 aromatic heterocycles. The molecule has 1 rings (SSSR count). The quantitative estimate of drug-likeness (QED) is 0.343. The van der Waals surface area contributed by atoms with E-state index in [1.807, 2.05) is 0 Å². The highest BCUT2D eigenvalue weighted by atomic mass is 127. The average molecular weight is 474 g/mol. The Morgan fingerprint density at radius 1 is 1.24 bits per heavy atom. The number of alkyl halides is 3. The van der Waals surface area contributed by atoms with E-state index < -0.39 is 12.8 Å². The molecule has 0 unspecified atom stereocenters. The highest BCUT2D eigenvalue weighted by Crippen LogP contribution is 2.17. The number of pyridine rings is 1. The summed E-state index contributed by atoms with van der Waals surface area (Å²) in [4.78, 5) is 8.01. The van der Waals surface area contributed by atoms with E-state index in [1.54, 1.807) is 13.1 Å². The van der Waals surface area contributed by atoms with Gasteiger partial charge in [-0.1, -0.05) is 32.8 Å². The van der Waals surface area contributed by atoms with Crippen LogP contribution >= 0.6 is 24.0 Å². The lowest BCUT2D eigenvalue weighted by atomic mass is 10.0. The fourth-order valence-electron chi connectivity index (χ4n) is 1.98. The molecule has 25 heavy (non-hydrogen) atoms. The molecule has 0 saturated heterocycles. The highest BCUT2D eigenvalue weighted by molar-refractivity contribution is 14.0. The van der Waals surface area contributed by atoms with E-state index in [1.165, 1.54) is 12.3 Å². The summed E-state index contributed by atoms with van der Waals surface area (Å²) in [6, 6.07) is 3.09. The first-order valence-electron chi connectivity index (χ1n) is 7.96. The van der Waals surface area contributed by atoms with Crippen molar-refractivity contribution in [2.45, 2.75) is 39.4 Å². The lowest BCUT2D eigenvalue weighted by Crippen LogP contribution is -2.39. The first-order chi connectivity index (χ1) is 11.4. The Kier molecular flexibility index (Phi) is 11.5. The fourth-order valence-corrected chi connectivity index (χ4v) is 1.98. The van der Waals surface area contributed by atoms with Crippen LogP contribution in [-0.4, -0.2) is 37.3 Å². The maximum atomic E-state index is 12.1. The number of halogens is 4. The molecule has 0 radical (unpaired) electrons. The number of ether oxygens (including phenoxy) is 1. The number of aliphatic imine (C=N–C) groups is 1. The zero-order valence-electron chi connectivity index (χ0n) is 14.7. The van der Waals surface area contributed by atoms with Crippen LogP contribution in [0.3, 0.4) is 0 Å². The van der Waals surface area contributed by atoms with E-state index in [9.17, 15) is 13.2 Å². The van der Waals surface area contributed by atoms with Crippen LogP contribution in [0.4, 0.5) is 13.2 Å². The number of hydrogen-bond acceptors (Lipinski definition) is 3. The predicted octanol–water partition coefficient (Wildman–Crippen LogP) is 3.74. The molecular weight excluding hydrogens is 448 g/mol. The van der Waals surface area contributed by atoms with Crippen LogP contribution in [0.1, 0.15) is 32.3 Å². The van der Waals surface area contributed by atoms with E-state index in [0.29, 0.717) is 18.4 Å². The van der Waals surface area contributed by atoms with Crippen molar-refractivity contribution in [1.29, 1.82) is 0 Å².